The molecule has 3 aromatic rings. The highest BCUT2D eigenvalue weighted by molar-refractivity contribution is 6.06. The van der Waals surface area contributed by atoms with Crippen molar-refractivity contribution in [1.82, 2.24) is 9.80 Å². The predicted molar refractivity (Wildman–Crippen MR) is 146 cm³/mol. The minimum atomic E-state index is -0.623. The Balaban J connectivity index is 1.79. The van der Waals surface area contributed by atoms with Crippen LogP contribution in [0.4, 0.5) is 11.4 Å². The summed E-state index contributed by atoms with van der Waals surface area (Å²) >= 11 is 0. The van der Waals surface area contributed by atoms with E-state index in [1.165, 1.54) is 0 Å². The lowest BCUT2D eigenvalue weighted by molar-refractivity contribution is -0.114. The number of benzene rings is 3. The van der Waals surface area contributed by atoms with E-state index in [-0.39, 0.29) is 11.8 Å². The van der Waals surface area contributed by atoms with E-state index >= 15 is 0 Å². The van der Waals surface area contributed by atoms with Gasteiger partial charge in [-0.25, -0.2) is 0 Å². The van der Waals surface area contributed by atoms with Gasteiger partial charge in [-0.2, -0.15) is 0 Å². The smallest absolute Gasteiger partial charge is 0.271 e. The van der Waals surface area contributed by atoms with Crippen molar-refractivity contribution in [3.05, 3.63) is 106 Å². The molecule has 0 radical (unpaired) electrons. The minimum Gasteiger partial charge on any atom is -0.388 e. The van der Waals surface area contributed by atoms with Gasteiger partial charge in [0.2, 0.25) is 0 Å². The molecule has 188 valence electrons. The van der Waals surface area contributed by atoms with E-state index in [9.17, 15) is 14.8 Å². The van der Waals surface area contributed by atoms with Gasteiger partial charge in [0.1, 0.15) is 11.4 Å². The number of likely N-dealkylation sites (N-methyl/N-ethyl adjacent to an activating group) is 1. The van der Waals surface area contributed by atoms with Gasteiger partial charge in [-0.15, -0.1) is 4.91 Å². The van der Waals surface area contributed by atoms with E-state index in [0.717, 1.165) is 17.7 Å². The molecule has 2 unspecified atom stereocenters. The van der Waals surface area contributed by atoms with Crippen LogP contribution in [0.3, 0.4) is 0 Å². The van der Waals surface area contributed by atoms with Crippen molar-refractivity contribution in [2.24, 2.45) is 5.18 Å². The molecule has 0 bridgehead atoms. The molecule has 3 rings (SSSR count). The monoisotopic (exact) mass is 486 g/mol. The summed E-state index contributed by atoms with van der Waals surface area (Å²) in [6.45, 7) is 5.41. The van der Waals surface area contributed by atoms with Crippen molar-refractivity contribution in [2.45, 2.75) is 25.9 Å². The van der Waals surface area contributed by atoms with Crippen molar-refractivity contribution < 1.29 is 9.90 Å². The van der Waals surface area contributed by atoms with Gasteiger partial charge in [0, 0.05) is 18.7 Å². The molecule has 7 nitrogen and oxygen atoms in total. The third kappa shape index (κ3) is 7.10. The van der Waals surface area contributed by atoms with E-state index in [0.29, 0.717) is 29.3 Å². The first-order valence-corrected chi connectivity index (χ1v) is 12.0. The van der Waals surface area contributed by atoms with Crippen LogP contribution >= 0.6 is 0 Å². The Morgan fingerprint density at radius 2 is 1.69 bits per heavy atom. The van der Waals surface area contributed by atoms with Crippen LogP contribution in [0.25, 0.3) is 6.08 Å². The van der Waals surface area contributed by atoms with E-state index < -0.39 is 6.10 Å². The number of amides is 1. The third-order valence-electron chi connectivity index (χ3n) is 6.23. The SMILES string of the molecule is CCN(C)CN(C)/C(=C\c1cccc(N=O)c1)C(=O)Nc1ccc(C(C)C(O)c2ccccc2)cc1. The second-order valence-electron chi connectivity index (χ2n) is 8.95. The van der Waals surface area contributed by atoms with Crippen molar-refractivity contribution in [1.29, 1.82) is 0 Å². The minimum absolute atomic E-state index is 0.109. The molecule has 2 atom stereocenters. The molecule has 0 aliphatic carbocycles. The third-order valence-corrected chi connectivity index (χ3v) is 6.23. The quantitative estimate of drug-likeness (QED) is 0.205. The summed E-state index contributed by atoms with van der Waals surface area (Å²) in [5.74, 6) is -0.376. The normalized spacial score (nSPS) is 13.2. The van der Waals surface area contributed by atoms with Crippen molar-refractivity contribution >= 4 is 23.4 Å². The Morgan fingerprint density at radius 3 is 2.33 bits per heavy atom. The number of hydrogen-bond acceptors (Lipinski definition) is 6. The van der Waals surface area contributed by atoms with Crippen LogP contribution in [-0.4, -0.2) is 48.1 Å². The maximum Gasteiger partial charge on any atom is 0.271 e. The largest absolute Gasteiger partial charge is 0.388 e. The zero-order valence-electron chi connectivity index (χ0n) is 21.3. The summed E-state index contributed by atoms with van der Waals surface area (Å²) in [6.07, 6.45) is 1.13. The lowest BCUT2D eigenvalue weighted by Gasteiger charge is -2.27. The van der Waals surface area contributed by atoms with Crippen LogP contribution in [0.5, 0.6) is 0 Å². The molecule has 7 heteroatoms. The predicted octanol–water partition coefficient (Wildman–Crippen LogP) is 5.74. The zero-order chi connectivity index (χ0) is 26.1. The van der Waals surface area contributed by atoms with Gasteiger partial charge < -0.3 is 15.3 Å². The van der Waals surface area contributed by atoms with E-state index in [4.69, 9.17) is 0 Å². The number of nitroso groups, excluding NO2 is 1. The van der Waals surface area contributed by atoms with Gasteiger partial charge >= 0.3 is 0 Å². The first-order valence-electron chi connectivity index (χ1n) is 12.0. The Labute approximate surface area is 213 Å². The molecule has 0 aliphatic rings. The number of hydrogen-bond donors (Lipinski definition) is 2. The van der Waals surface area contributed by atoms with Crippen LogP contribution in [0.2, 0.25) is 0 Å². The van der Waals surface area contributed by atoms with Crippen LogP contribution in [0, 0.1) is 4.91 Å². The number of aliphatic hydroxyl groups excluding tert-OH is 1. The Hall–Kier alpha value is -3.81. The molecule has 3 aromatic carbocycles. The fraction of sp³-hybridized carbons (Fsp3) is 0.276. The van der Waals surface area contributed by atoms with Gasteiger partial charge in [0.05, 0.1) is 12.8 Å². The lowest BCUT2D eigenvalue weighted by atomic mass is 9.91. The Morgan fingerprint density at radius 1 is 1.00 bits per heavy atom. The second kappa shape index (κ2) is 12.8. The fourth-order valence-corrected chi connectivity index (χ4v) is 3.90. The van der Waals surface area contributed by atoms with Crippen LogP contribution in [0.15, 0.2) is 89.7 Å². The number of carbonyl (C=O) groups excluding carboxylic acids is 1. The van der Waals surface area contributed by atoms with Crippen molar-refractivity contribution in [3.8, 4) is 0 Å². The summed E-state index contributed by atoms with van der Waals surface area (Å²) in [5, 5.41) is 16.7. The molecule has 0 aromatic heterocycles. The summed E-state index contributed by atoms with van der Waals surface area (Å²) in [6, 6.07) is 23.9. The number of nitrogens with zero attached hydrogens (tertiary/aromatic N) is 3. The number of aliphatic hydroxyl groups is 1. The van der Waals surface area contributed by atoms with E-state index in [1.54, 1.807) is 24.3 Å². The van der Waals surface area contributed by atoms with E-state index in [1.807, 2.05) is 93.5 Å². The standard InChI is InChI=1S/C29H34N4O3/c1-5-32(3)20-33(4)27(19-22-10-9-13-26(18-22)31-36)29(35)30-25-16-14-23(15-17-25)21(2)28(34)24-11-7-6-8-12-24/h6-19,21,28,34H,5,20H2,1-4H3,(H,30,35)/b27-19-. The number of carbonyl (C=O) groups is 1. The molecule has 2 N–H and O–H groups in total. The van der Waals surface area contributed by atoms with Crippen LogP contribution < -0.4 is 5.32 Å². The molecule has 1 amide bonds. The number of nitrogens with one attached hydrogen (secondary N) is 1. The highest BCUT2D eigenvalue weighted by Gasteiger charge is 2.19. The molecule has 0 fully saturated rings. The lowest BCUT2D eigenvalue weighted by Crippen LogP contribution is -2.36. The number of anilines is 1. The van der Waals surface area contributed by atoms with Gasteiger partial charge in [-0.3, -0.25) is 9.69 Å². The molecule has 0 heterocycles. The number of rotatable bonds is 11. The van der Waals surface area contributed by atoms with Crippen LogP contribution in [-0.2, 0) is 4.79 Å². The van der Waals surface area contributed by atoms with Gasteiger partial charge in [-0.05, 0) is 65.8 Å². The molecule has 0 spiro atoms. The van der Waals surface area contributed by atoms with Gasteiger partial charge in [0.15, 0.2) is 0 Å². The first-order chi connectivity index (χ1) is 17.3. The topological polar surface area (TPSA) is 85.2 Å². The van der Waals surface area contributed by atoms with E-state index in [2.05, 4.69) is 15.4 Å². The summed E-state index contributed by atoms with van der Waals surface area (Å²) < 4.78 is 0. The molecule has 0 aliphatic heterocycles. The average molecular weight is 487 g/mol. The van der Waals surface area contributed by atoms with Gasteiger partial charge in [-0.1, -0.05) is 68.4 Å². The Kier molecular flexibility index (Phi) is 9.50. The zero-order valence-corrected chi connectivity index (χ0v) is 21.3. The molecular weight excluding hydrogens is 452 g/mol. The van der Waals surface area contributed by atoms with Crippen molar-refractivity contribution in [3.63, 3.8) is 0 Å². The fourth-order valence-electron chi connectivity index (χ4n) is 3.90. The van der Waals surface area contributed by atoms with Crippen LogP contribution in [0.1, 0.15) is 42.6 Å². The Bertz CT molecular complexity index is 1180. The molecular formula is C29H34N4O3. The maximum absolute atomic E-state index is 13.3. The second-order valence-corrected chi connectivity index (χ2v) is 8.95. The summed E-state index contributed by atoms with van der Waals surface area (Å²) in [4.78, 5) is 28.2. The van der Waals surface area contributed by atoms with Crippen molar-refractivity contribution in [2.75, 3.05) is 32.6 Å². The maximum atomic E-state index is 13.3. The highest BCUT2D eigenvalue weighted by Crippen LogP contribution is 2.31. The molecule has 0 saturated heterocycles. The van der Waals surface area contributed by atoms with Gasteiger partial charge in [0.25, 0.3) is 5.91 Å². The highest BCUT2D eigenvalue weighted by atomic mass is 16.3. The summed E-state index contributed by atoms with van der Waals surface area (Å²) in [7, 11) is 3.84. The average Bonchev–Trinajstić information content (AvgIpc) is 2.91. The first kappa shape index (κ1) is 26.8. The molecule has 36 heavy (non-hydrogen) atoms. The summed E-state index contributed by atoms with van der Waals surface area (Å²) in [5.41, 5.74) is 3.96. The molecule has 0 saturated carbocycles.